The summed E-state index contributed by atoms with van der Waals surface area (Å²) in [5.74, 6) is -0.649. The van der Waals surface area contributed by atoms with Crippen molar-refractivity contribution in [1.82, 2.24) is 4.31 Å². The lowest BCUT2D eigenvalue weighted by atomic mass is 9.97. The first-order valence-electron chi connectivity index (χ1n) is 6.00. The van der Waals surface area contributed by atoms with Gasteiger partial charge in [-0.15, -0.1) is 0 Å². The summed E-state index contributed by atoms with van der Waals surface area (Å²) in [6.07, 6.45) is 1.15. The highest BCUT2D eigenvalue weighted by Crippen LogP contribution is 2.27. The lowest BCUT2D eigenvalue weighted by Gasteiger charge is -2.35. The highest BCUT2D eigenvalue weighted by molar-refractivity contribution is 7.89. The number of hydrogen-bond donors (Lipinski definition) is 2. The van der Waals surface area contributed by atoms with Gasteiger partial charge in [0.2, 0.25) is 10.0 Å². The molecule has 7 heteroatoms. The second-order valence-corrected chi connectivity index (χ2v) is 7.06. The lowest BCUT2D eigenvalue weighted by molar-refractivity contribution is 0.00940. The molecule has 0 amide bonds. The molecule has 106 valence electrons. The molecule has 1 aromatic rings. The van der Waals surface area contributed by atoms with Crippen molar-refractivity contribution in [3.63, 3.8) is 0 Å². The Kier molecular flexibility index (Phi) is 3.55. The van der Waals surface area contributed by atoms with Crippen molar-refractivity contribution in [2.75, 3.05) is 18.8 Å². The summed E-state index contributed by atoms with van der Waals surface area (Å²) in [7, 11) is -3.75. The van der Waals surface area contributed by atoms with Crippen molar-refractivity contribution in [1.29, 1.82) is 0 Å². The summed E-state index contributed by atoms with van der Waals surface area (Å²) >= 11 is 0. The maximum Gasteiger partial charge on any atom is 0.243 e. The molecule has 0 saturated carbocycles. The fourth-order valence-electron chi connectivity index (χ4n) is 2.21. The van der Waals surface area contributed by atoms with E-state index in [1.54, 1.807) is 6.92 Å². The minimum absolute atomic E-state index is 0.0343. The van der Waals surface area contributed by atoms with E-state index in [1.165, 1.54) is 10.4 Å². The fourth-order valence-corrected chi connectivity index (χ4v) is 3.84. The molecule has 1 atom stereocenters. The first-order chi connectivity index (χ1) is 8.72. The number of rotatable bonds is 2. The number of halogens is 1. The predicted molar refractivity (Wildman–Crippen MR) is 69.4 cm³/mol. The fraction of sp³-hybridized carbons (Fsp3) is 0.500. The van der Waals surface area contributed by atoms with Crippen molar-refractivity contribution in [3.8, 4) is 0 Å². The summed E-state index contributed by atoms with van der Waals surface area (Å²) < 4.78 is 39.0. The molecule has 0 bridgehead atoms. The van der Waals surface area contributed by atoms with E-state index in [1.807, 2.05) is 0 Å². The number of nitrogen functional groups attached to an aromatic ring is 1. The molecular formula is C12H17FN2O3S. The molecule has 0 radical (unpaired) electrons. The summed E-state index contributed by atoms with van der Waals surface area (Å²) in [6, 6.07) is 3.32. The standard InChI is InChI=1S/C12H17FN2O3S/c1-12(16)5-2-6-15(8-12)19(17,18)9-3-4-10(13)11(14)7-9/h3-4,7,16H,2,5-6,8,14H2,1H3. The molecule has 1 fully saturated rings. The van der Waals surface area contributed by atoms with Crippen molar-refractivity contribution < 1.29 is 17.9 Å². The third-order valence-electron chi connectivity index (χ3n) is 3.25. The zero-order valence-corrected chi connectivity index (χ0v) is 11.5. The molecule has 0 spiro atoms. The van der Waals surface area contributed by atoms with Crippen LogP contribution in [0.15, 0.2) is 23.1 Å². The zero-order chi connectivity index (χ0) is 14.3. The molecule has 1 aliphatic rings. The Bertz CT molecular complexity index is 587. The Morgan fingerprint density at radius 3 is 2.74 bits per heavy atom. The molecule has 5 nitrogen and oxygen atoms in total. The van der Waals surface area contributed by atoms with E-state index >= 15 is 0 Å². The molecule has 3 N–H and O–H groups in total. The van der Waals surface area contributed by atoms with Gasteiger partial charge in [-0.05, 0) is 38.0 Å². The maximum atomic E-state index is 13.1. The average Bonchev–Trinajstić information content (AvgIpc) is 2.31. The third kappa shape index (κ3) is 2.88. The van der Waals surface area contributed by atoms with Gasteiger partial charge in [0.25, 0.3) is 0 Å². The van der Waals surface area contributed by atoms with E-state index in [-0.39, 0.29) is 17.1 Å². The van der Waals surface area contributed by atoms with Crippen LogP contribution in [0.1, 0.15) is 19.8 Å². The van der Waals surface area contributed by atoms with E-state index in [0.29, 0.717) is 19.4 Å². The zero-order valence-electron chi connectivity index (χ0n) is 10.6. The number of anilines is 1. The molecule has 1 aromatic carbocycles. The van der Waals surface area contributed by atoms with E-state index in [4.69, 9.17) is 5.73 Å². The van der Waals surface area contributed by atoms with Crippen LogP contribution in [0.2, 0.25) is 0 Å². The quantitative estimate of drug-likeness (QED) is 0.793. The second-order valence-electron chi connectivity index (χ2n) is 5.12. The highest BCUT2D eigenvalue weighted by Gasteiger charge is 2.35. The summed E-state index contributed by atoms with van der Waals surface area (Å²) in [6.45, 7) is 1.98. The van der Waals surface area contributed by atoms with Gasteiger partial charge in [0.15, 0.2) is 0 Å². The number of nitrogens with two attached hydrogens (primary N) is 1. The Hall–Kier alpha value is -1.18. The summed E-state index contributed by atoms with van der Waals surface area (Å²) in [4.78, 5) is -0.0518. The molecule has 19 heavy (non-hydrogen) atoms. The first-order valence-corrected chi connectivity index (χ1v) is 7.44. The molecular weight excluding hydrogens is 271 g/mol. The van der Waals surface area contributed by atoms with Crippen molar-refractivity contribution in [3.05, 3.63) is 24.0 Å². The van der Waals surface area contributed by atoms with Crippen LogP contribution >= 0.6 is 0 Å². The summed E-state index contributed by atoms with van der Waals surface area (Å²) in [5.41, 5.74) is 4.16. The van der Waals surface area contributed by atoms with Crippen molar-refractivity contribution >= 4 is 15.7 Å². The van der Waals surface area contributed by atoms with Gasteiger partial charge in [0.05, 0.1) is 16.2 Å². The van der Waals surface area contributed by atoms with Gasteiger partial charge in [0, 0.05) is 13.1 Å². The van der Waals surface area contributed by atoms with Crippen LogP contribution in [0.5, 0.6) is 0 Å². The number of β-amino-alcohol motifs (C(OH)–C–C–N with tert-alkyl or cyclic N) is 1. The predicted octanol–water partition coefficient (Wildman–Crippen LogP) is 0.943. The Balaban J connectivity index is 2.34. The van der Waals surface area contributed by atoms with Crippen LogP contribution in [0.4, 0.5) is 10.1 Å². The highest BCUT2D eigenvalue weighted by atomic mass is 32.2. The van der Waals surface area contributed by atoms with Crippen LogP contribution in [0.3, 0.4) is 0 Å². The van der Waals surface area contributed by atoms with Crippen LogP contribution < -0.4 is 5.73 Å². The normalized spacial score (nSPS) is 25.4. The van der Waals surface area contributed by atoms with Crippen molar-refractivity contribution in [2.24, 2.45) is 0 Å². The number of piperidine rings is 1. The number of sulfonamides is 1. The lowest BCUT2D eigenvalue weighted by Crippen LogP contribution is -2.48. The molecule has 1 heterocycles. The van der Waals surface area contributed by atoms with Crippen LogP contribution in [0, 0.1) is 5.82 Å². The van der Waals surface area contributed by atoms with Gasteiger partial charge in [-0.25, -0.2) is 12.8 Å². The van der Waals surface area contributed by atoms with E-state index < -0.39 is 21.4 Å². The van der Waals surface area contributed by atoms with E-state index in [2.05, 4.69) is 0 Å². The number of benzene rings is 1. The Labute approximate surface area is 111 Å². The average molecular weight is 288 g/mol. The van der Waals surface area contributed by atoms with Gasteiger partial charge in [-0.1, -0.05) is 0 Å². The minimum atomic E-state index is -3.75. The maximum absolute atomic E-state index is 13.1. The van der Waals surface area contributed by atoms with Crippen LogP contribution in [0.25, 0.3) is 0 Å². The molecule has 1 aliphatic heterocycles. The number of aliphatic hydroxyl groups is 1. The summed E-state index contributed by atoms with van der Waals surface area (Å²) in [5, 5.41) is 9.96. The smallest absolute Gasteiger partial charge is 0.243 e. The number of hydrogen-bond acceptors (Lipinski definition) is 4. The molecule has 1 unspecified atom stereocenters. The molecule has 1 saturated heterocycles. The van der Waals surface area contributed by atoms with E-state index in [0.717, 1.165) is 12.1 Å². The second kappa shape index (κ2) is 4.73. The van der Waals surface area contributed by atoms with Crippen molar-refractivity contribution in [2.45, 2.75) is 30.3 Å². The minimum Gasteiger partial charge on any atom is -0.396 e. The molecule has 2 rings (SSSR count). The van der Waals surface area contributed by atoms with Gasteiger partial charge in [-0.3, -0.25) is 0 Å². The van der Waals surface area contributed by atoms with Crippen LogP contribution in [-0.2, 0) is 10.0 Å². The van der Waals surface area contributed by atoms with Gasteiger partial charge >= 0.3 is 0 Å². The largest absolute Gasteiger partial charge is 0.396 e. The third-order valence-corrected chi connectivity index (χ3v) is 5.09. The molecule has 0 aliphatic carbocycles. The topological polar surface area (TPSA) is 83.6 Å². The van der Waals surface area contributed by atoms with Gasteiger partial charge in [0.1, 0.15) is 5.82 Å². The Morgan fingerprint density at radius 2 is 2.16 bits per heavy atom. The Morgan fingerprint density at radius 1 is 1.47 bits per heavy atom. The molecule has 0 aromatic heterocycles. The van der Waals surface area contributed by atoms with E-state index in [9.17, 15) is 17.9 Å². The monoisotopic (exact) mass is 288 g/mol. The van der Waals surface area contributed by atoms with Gasteiger partial charge < -0.3 is 10.8 Å². The number of nitrogens with zero attached hydrogens (tertiary/aromatic N) is 1. The van der Waals surface area contributed by atoms with Crippen LogP contribution in [-0.4, -0.2) is 36.5 Å². The SMILES string of the molecule is CC1(O)CCCN(S(=O)(=O)c2ccc(F)c(N)c2)C1. The van der Waals surface area contributed by atoms with Gasteiger partial charge in [-0.2, -0.15) is 4.31 Å². The first kappa shape index (κ1) is 14.2.